The summed E-state index contributed by atoms with van der Waals surface area (Å²) in [7, 11) is 3.18. The second-order valence-corrected chi connectivity index (χ2v) is 10.7. The van der Waals surface area contributed by atoms with Crippen LogP contribution in [0, 0.1) is 11.8 Å². The zero-order valence-corrected chi connectivity index (χ0v) is 24.6. The molecule has 0 aromatic heterocycles. The molecule has 2 heterocycles. The van der Waals surface area contributed by atoms with Crippen LogP contribution in [0.5, 0.6) is 11.5 Å². The van der Waals surface area contributed by atoms with Gasteiger partial charge in [0.15, 0.2) is 0 Å². The molecule has 12 heteroatoms. The molecule has 2 saturated heterocycles. The van der Waals surface area contributed by atoms with Gasteiger partial charge in [-0.3, -0.25) is 9.59 Å². The zero-order chi connectivity index (χ0) is 31.5. The molecular weight excluding hydrogens is 572 g/mol. The molecule has 2 aromatic carbocycles. The number of nitrogens with zero attached hydrogens (tertiary/aromatic N) is 1. The number of nitrogens with one attached hydrogen (secondary N) is 1. The number of aliphatic hydroxyl groups excluding tert-OH is 1. The maximum Gasteiger partial charge on any atom is 0.241 e. The summed E-state index contributed by atoms with van der Waals surface area (Å²) in [6.45, 7) is 2.86. The van der Waals surface area contributed by atoms with E-state index in [-0.39, 0.29) is 49.1 Å². The standard InChI is InChI=1S/C24H29F2NO4.C7H11F2NO2/c1-16(18-6-10-21(30-3)11-7-18)27-14-19(12-24(27)28)22(13-23(25)26)31-15-17-4-8-20(29-2)9-5-17;8-6(9)2-5(11)4-1-7(12)10-3-4/h4-11,16,19,22-23H,12-15H2,1-3H3;4-6,11H,1-3H2,(H,10,12)/t16-,19-,22-;4-,5-/m11/s1. The summed E-state index contributed by atoms with van der Waals surface area (Å²) in [6, 6.07) is 14.7. The number of amides is 2. The van der Waals surface area contributed by atoms with E-state index in [1.807, 2.05) is 43.3 Å². The number of alkyl halides is 4. The average Bonchev–Trinajstić information content (AvgIpc) is 3.60. The number of carbonyl (C=O) groups excluding carboxylic acids is 2. The third-order valence-electron chi connectivity index (χ3n) is 7.79. The number of aliphatic hydroxyl groups is 1. The van der Waals surface area contributed by atoms with Crippen molar-refractivity contribution in [1.29, 1.82) is 0 Å². The number of halogens is 4. The molecule has 238 valence electrons. The predicted octanol–water partition coefficient (Wildman–Crippen LogP) is 4.99. The molecule has 2 aliphatic rings. The van der Waals surface area contributed by atoms with Gasteiger partial charge in [-0.2, -0.15) is 0 Å². The minimum Gasteiger partial charge on any atom is -0.497 e. The minimum absolute atomic E-state index is 0.0411. The number of methoxy groups -OCH3 is 2. The normalized spacial score (nSPS) is 20.5. The van der Waals surface area contributed by atoms with Crippen molar-refractivity contribution in [1.82, 2.24) is 10.2 Å². The number of rotatable bonds is 13. The van der Waals surface area contributed by atoms with E-state index in [0.717, 1.165) is 22.6 Å². The number of ether oxygens (including phenoxy) is 3. The quantitative estimate of drug-likeness (QED) is 0.310. The fourth-order valence-electron chi connectivity index (χ4n) is 5.22. The summed E-state index contributed by atoms with van der Waals surface area (Å²) in [5.41, 5.74) is 1.84. The van der Waals surface area contributed by atoms with Gasteiger partial charge in [0, 0.05) is 50.6 Å². The van der Waals surface area contributed by atoms with Gasteiger partial charge in [0.25, 0.3) is 0 Å². The van der Waals surface area contributed by atoms with E-state index >= 15 is 0 Å². The number of hydrogen-bond acceptors (Lipinski definition) is 6. The lowest BCUT2D eigenvalue weighted by Gasteiger charge is -2.27. The van der Waals surface area contributed by atoms with Gasteiger partial charge in [-0.15, -0.1) is 0 Å². The first kappa shape index (κ1) is 34.1. The third-order valence-corrected chi connectivity index (χ3v) is 7.79. The molecule has 4 rings (SSSR count). The molecule has 0 spiro atoms. The van der Waals surface area contributed by atoms with Crippen molar-refractivity contribution >= 4 is 11.8 Å². The van der Waals surface area contributed by atoms with Crippen LogP contribution < -0.4 is 14.8 Å². The Labute approximate surface area is 249 Å². The molecule has 0 aliphatic carbocycles. The predicted molar refractivity (Wildman–Crippen MR) is 151 cm³/mol. The molecule has 2 amide bonds. The van der Waals surface area contributed by atoms with Gasteiger partial charge < -0.3 is 29.5 Å². The van der Waals surface area contributed by atoms with Crippen molar-refractivity contribution in [2.75, 3.05) is 27.3 Å². The second kappa shape index (κ2) is 16.5. The Morgan fingerprint density at radius 1 is 0.884 bits per heavy atom. The zero-order valence-electron chi connectivity index (χ0n) is 24.6. The average molecular weight is 613 g/mol. The van der Waals surface area contributed by atoms with E-state index in [1.165, 1.54) is 0 Å². The van der Waals surface area contributed by atoms with E-state index < -0.39 is 37.9 Å². The van der Waals surface area contributed by atoms with E-state index in [0.29, 0.717) is 13.1 Å². The lowest BCUT2D eigenvalue weighted by atomic mass is 9.98. The molecule has 0 saturated carbocycles. The first-order valence-corrected chi connectivity index (χ1v) is 14.2. The van der Waals surface area contributed by atoms with Gasteiger partial charge in [-0.1, -0.05) is 24.3 Å². The fourth-order valence-corrected chi connectivity index (χ4v) is 5.22. The van der Waals surface area contributed by atoms with Crippen LogP contribution >= 0.6 is 0 Å². The van der Waals surface area contributed by atoms with E-state index in [2.05, 4.69) is 5.32 Å². The third kappa shape index (κ3) is 10.4. The molecule has 0 radical (unpaired) electrons. The highest BCUT2D eigenvalue weighted by atomic mass is 19.3. The van der Waals surface area contributed by atoms with E-state index in [1.54, 1.807) is 31.3 Å². The van der Waals surface area contributed by atoms with Crippen LogP contribution in [0.15, 0.2) is 48.5 Å². The molecule has 2 aromatic rings. The highest BCUT2D eigenvalue weighted by Gasteiger charge is 2.39. The number of benzene rings is 2. The molecule has 8 nitrogen and oxygen atoms in total. The summed E-state index contributed by atoms with van der Waals surface area (Å²) in [5.74, 6) is 0.629. The molecule has 0 bridgehead atoms. The molecule has 43 heavy (non-hydrogen) atoms. The Morgan fingerprint density at radius 3 is 1.98 bits per heavy atom. The topological polar surface area (TPSA) is 97.3 Å². The Balaban J connectivity index is 0.000000353. The van der Waals surface area contributed by atoms with Crippen molar-refractivity contribution in [2.24, 2.45) is 11.8 Å². The smallest absolute Gasteiger partial charge is 0.241 e. The number of likely N-dealkylation sites (tertiary alicyclic amines) is 1. The van der Waals surface area contributed by atoms with Gasteiger partial charge in [0.2, 0.25) is 24.7 Å². The Kier molecular flexibility index (Phi) is 13.1. The first-order chi connectivity index (χ1) is 20.5. The van der Waals surface area contributed by atoms with Crippen LogP contribution in [0.3, 0.4) is 0 Å². The van der Waals surface area contributed by atoms with Crippen LogP contribution in [0.1, 0.15) is 49.8 Å². The monoisotopic (exact) mass is 612 g/mol. The SMILES string of the molecule is COc1ccc(CO[C@H](CC(F)F)[C@@H]2CC(=O)N([C@H](C)c3ccc(OC)cc3)C2)cc1.O=C1C[C@@H]([C@H](O)CC(F)F)CN1. The second-order valence-electron chi connectivity index (χ2n) is 10.7. The van der Waals surface area contributed by atoms with Gasteiger partial charge in [0.05, 0.1) is 39.1 Å². The molecule has 0 unspecified atom stereocenters. The Morgan fingerprint density at radius 2 is 1.47 bits per heavy atom. The lowest BCUT2D eigenvalue weighted by Crippen LogP contribution is -2.32. The largest absolute Gasteiger partial charge is 0.497 e. The molecule has 5 atom stereocenters. The van der Waals surface area contributed by atoms with Crippen LogP contribution in [0.2, 0.25) is 0 Å². The van der Waals surface area contributed by atoms with Crippen LogP contribution in [0.4, 0.5) is 17.6 Å². The van der Waals surface area contributed by atoms with Gasteiger partial charge >= 0.3 is 0 Å². The van der Waals surface area contributed by atoms with Crippen molar-refractivity contribution in [2.45, 2.75) is 70.3 Å². The summed E-state index contributed by atoms with van der Waals surface area (Å²) in [6.07, 6.45) is -7.32. The van der Waals surface area contributed by atoms with Crippen LogP contribution in [0.25, 0.3) is 0 Å². The van der Waals surface area contributed by atoms with Crippen molar-refractivity contribution in [3.8, 4) is 11.5 Å². The van der Waals surface area contributed by atoms with Gasteiger partial charge in [-0.05, 0) is 42.3 Å². The van der Waals surface area contributed by atoms with Gasteiger partial charge in [-0.25, -0.2) is 17.6 Å². The van der Waals surface area contributed by atoms with E-state index in [9.17, 15) is 27.2 Å². The summed E-state index contributed by atoms with van der Waals surface area (Å²) in [4.78, 5) is 25.1. The lowest BCUT2D eigenvalue weighted by molar-refractivity contribution is -0.129. The molecule has 2 aliphatic heterocycles. The van der Waals surface area contributed by atoms with Crippen molar-refractivity contribution in [3.63, 3.8) is 0 Å². The van der Waals surface area contributed by atoms with Crippen molar-refractivity contribution < 1.29 is 46.5 Å². The van der Waals surface area contributed by atoms with Crippen LogP contribution in [-0.4, -0.2) is 74.2 Å². The summed E-state index contributed by atoms with van der Waals surface area (Å²) in [5, 5.41) is 11.6. The maximum atomic E-state index is 13.2. The summed E-state index contributed by atoms with van der Waals surface area (Å²) >= 11 is 0. The minimum atomic E-state index is -2.50. The van der Waals surface area contributed by atoms with Crippen molar-refractivity contribution in [3.05, 3.63) is 59.7 Å². The fraction of sp³-hybridized carbons (Fsp3) is 0.548. The number of carbonyl (C=O) groups is 2. The Bertz CT molecular complexity index is 1150. The molecule has 2 N–H and O–H groups in total. The van der Waals surface area contributed by atoms with E-state index in [4.69, 9.17) is 19.3 Å². The van der Waals surface area contributed by atoms with Gasteiger partial charge in [0.1, 0.15) is 11.5 Å². The first-order valence-electron chi connectivity index (χ1n) is 14.2. The molecule has 2 fully saturated rings. The van der Waals surface area contributed by atoms with Crippen LogP contribution in [-0.2, 0) is 20.9 Å². The maximum absolute atomic E-state index is 13.2. The Hall–Kier alpha value is -3.38. The molecular formula is C31H40F4N2O6. The highest BCUT2D eigenvalue weighted by Crippen LogP contribution is 2.33. The number of hydrogen-bond donors (Lipinski definition) is 2. The summed E-state index contributed by atoms with van der Waals surface area (Å²) < 4.78 is 66.2. The highest BCUT2D eigenvalue weighted by molar-refractivity contribution is 5.79.